The van der Waals surface area contributed by atoms with Gasteiger partial charge >= 0.3 is 0 Å². The number of fused-ring (bicyclic) bond motifs is 1. The molecule has 2 aromatic rings. The molecule has 0 N–H and O–H groups in total. The van der Waals surface area contributed by atoms with Crippen LogP contribution in [0.15, 0.2) is 42.5 Å². The summed E-state index contributed by atoms with van der Waals surface area (Å²) in [5.74, 6) is -0.147. The second-order valence-electron chi connectivity index (χ2n) is 4.92. The Bertz CT molecular complexity index is 611. The van der Waals surface area contributed by atoms with Gasteiger partial charge < -0.3 is 4.90 Å². The maximum absolute atomic E-state index is 14.0. The zero-order valence-corrected chi connectivity index (χ0v) is 12.3. The third kappa shape index (κ3) is 2.06. The molecule has 0 fully saturated rings. The molecule has 1 nitrogen and oxygen atoms in total. The molecule has 0 saturated carbocycles. The van der Waals surface area contributed by atoms with Gasteiger partial charge in [0.25, 0.3) is 0 Å². The summed E-state index contributed by atoms with van der Waals surface area (Å²) in [5, 5.41) is 0.528. The highest BCUT2D eigenvalue weighted by Crippen LogP contribution is 2.40. The molecule has 0 amide bonds. The molecule has 0 saturated heterocycles. The van der Waals surface area contributed by atoms with E-state index in [1.807, 2.05) is 12.1 Å². The van der Waals surface area contributed by atoms with Crippen molar-refractivity contribution in [3.05, 3.63) is 59.4 Å². The largest absolute Gasteiger partial charge is 0.338 e. The first-order valence-corrected chi connectivity index (χ1v) is 7.55. The minimum atomic E-state index is -0.147. The number of hydrogen-bond donors (Lipinski definition) is 0. The predicted molar refractivity (Wildman–Crippen MR) is 80.8 cm³/mol. The van der Waals surface area contributed by atoms with E-state index in [1.54, 1.807) is 6.07 Å². The van der Waals surface area contributed by atoms with Crippen LogP contribution in [0.3, 0.4) is 0 Å². The lowest BCUT2D eigenvalue weighted by Gasteiger charge is -2.27. The number of benzene rings is 2. The number of anilines is 2. The molecule has 0 aliphatic carbocycles. The highest BCUT2D eigenvalue weighted by molar-refractivity contribution is 9.08. The number of para-hydroxylation sites is 1. The fourth-order valence-electron chi connectivity index (χ4n) is 2.84. The Morgan fingerprint density at radius 1 is 1.16 bits per heavy atom. The number of rotatable bonds is 2. The third-order valence-electron chi connectivity index (χ3n) is 3.69. The summed E-state index contributed by atoms with van der Waals surface area (Å²) in [6.45, 7) is 2.18. The van der Waals surface area contributed by atoms with Crippen molar-refractivity contribution in [1.29, 1.82) is 0 Å². The van der Waals surface area contributed by atoms with E-state index in [1.165, 1.54) is 17.3 Å². The van der Waals surface area contributed by atoms with Crippen LogP contribution >= 0.6 is 15.9 Å². The Balaban J connectivity index is 2.15. The van der Waals surface area contributed by atoms with Crippen molar-refractivity contribution >= 4 is 27.3 Å². The molecule has 0 radical (unpaired) electrons. The van der Waals surface area contributed by atoms with Crippen LogP contribution in [-0.4, -0.2) is 6.04 Å². The van der Waals surface area contributed by atoms with E-state index in [9.17, 15) is 4.39 Å². The average Bonchev–Trinajstić information content (AvgIpc) is 2.74. The second-order valence-corrected chi connectivity index (χ2v) is 5.48. The molecule has 0 bridgehead atoms. The van der Waals surface area contributed by atoms with Crippen molar-refractivity contribution in [3.63, 3.8) is 0 Å². The van der Waals surface area contributed by atoms with Crippen LogP contribution in [0.1, 0.15) is 18.1 Å². The van der Waals surface area contributed by atoms with Gasteiger partial charge in [-0.2, -0.15) is 0 Å². The molecular weight excluding hydrogens is 305 g/mol. The molecule has 3 rings (SSSR count). The SMILES string of the molecule is CC1Cc2ccccc2N1c1cccc(F)c1CBr. The standard InChI is InChI=1S/C16H15BrFN/c1-11-9-12-5-2-3-7-15(12)19(11)16-8-4-6-14(18)13(16)10-17/h2-8,11H,9-10H2,1H3. The lowest BCUT2D eigenvalue weighted by atomic mass is 10.1. The number of halogens is 2. The Kier molecular flexibility index (Phi) is 3.31. The monoisotopic (exact) mass is 319 g/mol. The molecule has 98 valence electrons. The van der Waals surface area contributed by atoms with E-state index in [4.69, 9.17) is 0 Å². The van der Waals surface area contributed by atoms with E-state index in [0.29, 0.717) is 11.4 Å². The van der Waals surface area contributed by atoms with Gasteiger partial charge in [-0.25, -0.2) is 4.39 Å². The lowest BCUT2D eigenvalue weighted by Crippen LogP contribution is -2.25. The third-order valence-corrected chi connectivity index (χ3v) is 4.26. The Hall–Kier alpha value is -1.35. The zero-order chi connectivity index (χ0) is 13.4. The lowest BCUT2D eigenvalue weighted by molar-refractivity contribution is 0.616. The van der Waals surface area contributed by atoms with Crippen molar-refractivity contribution in [1.82, 2.24) is 0 Å². The minimum absolute atomic E-state index is 0.147. The molecule has 3 heteroatoms. The highest BCUT2D eigenvalue weighted by Gasteiger charge is 2.28. The summed E-state index contributed by atoms with van der Waals surface area (Å²) in [6, 6.07) is 14.0. The fourth-order valence-corrected chi connectivity index (χ4v) is 3.39. The van der Waals surface area contributed by atoms with Gasteiger partial charge in [0.05, 0.1) is 0 Å². The summed E-state index contributed by atoms with van der Waals surface area (Å²) < 4.78 is 14.0. The first-order chi connectivity index (χ1) is 9.22. The van der Waals surface area contributed by atoms with Gasteiger partial charge in [-0.15, -0.1) is 0 Å². The van der Waals surface area contributed by atoms with Crippen molar-refractivity contribution in [3.8, 4) is 0 Å². The van der Waals surface area contributed by atoms with E-state index < -0.39 is 0 Å². The van der Waals surface area contributed by atoms with E-state index >= 15 is 0 Å². The topological polar surface area (TPSA) is 3.24 Å². The summed E-state index contributed by atoms with van der Waals surface area (Å²) in [5.41, 5.74) is 4.22. The van der Waals surface area contributed by atoms with E-state index in [0.717, 1.165) is 17.7 Å². The number of alkyl halides is 1. The van der Waals surface area contributed by atoms with Gasteiger partial charge in [0.2, 0.25) is 0 Å². The molecule has 2 aromatic carbocycles. The first kappa shape index (κ1) is 12.7. The summed E-state index contributed by atoms with van der Waals surface area (Å²) >= 11 is 3.40. The molecule has 19 heavy (non-hydrogen) atoms. The molecule has 1 heterocycles. The Morgan fingerprint density at radius 2 is 1.89 bits per heavy atom. The first-order valence-electron chi connectivity index (χ1n) is 6.43. The van der Waals surface area contributed by atoms with Gasteiger partial charge in [-0.05, 0) is 37.1 Å². The normalized spacial score (nSPS) is 17.6. The quantitative estimate of drug-likeness (QED) is 0.718. The Morgan fingerprint density at radius 3 is 2.68 bits per heavy atom. The van der Waals surface area contributed by atoms with Crippen LogP contribution in [0.25, 0.3) is 0 Å². The number of hydrogen-bond acceptors (Lipinski definition) is 1. The van der Waals surface area contributed by atoms with Crippen LogP contribution in [0.4, 0.5) is 15.8 Å². The molecule has 1 atom stereocenters. The Labute approximate surface area is 121 Å². The van der Waals surface area contributed by atoms with Crippen molar-refractivity contribution in [2.24, 2.45) is 0 Å². The summed E-state index contributed by atoms with van der Waals surface area (Å²) in [6.07, 6.45) is 1.01. The van der Waals surface area contributed by atoms with Gasteiger partial charge in [-0.1, -0.05) is 40.2 Å². The molecule has 0 aromatic heterocycles. The molecule has 1 unspecified atom stereocenters. The van der Waals surface area contributed by atoms with Crippen LogP contribution in [-0.2, 0) is 11.8 Å². The molecular formula is C16H15BrFN. The summed E-state index contributed by atoms with van der Waals surface area (Å²) in [4.78, 5) is 2.25. The van der Waals surface area contributed by atoms with E-state index in [2.05, 4.69) is 46.0 Å². The molecule has 0 spiro atoms. The predicted octanol–water partition coefficient (Wildman–Crippen LogP) is 4.80. The fraction of sp³-hybridized carbons (Fsp3) is 0.250. The van der Waals surface area contributed by atoms with Gasteiger partial charge in [0, 0.05) is 28.3 Å². The van der Waals surface area contributed by atoms with Gasteiger partial charge in [0.1, 0.15) is 5.82 Å². The van der Waals surface area contributed by atoms with Gasteiger partial charge in [0.15, 0.2) is 0 Å². The van der Waals surface area contributed by atoms with Crippen LogP contribution < -0.4 is 4.90 Å². The smallest absolute Gasteiger partial charge is 0.129 e. The minimum Gasteiger partial charge on any atom is -0.338 e. The maximum Gasteiger partial charge on any atom is 0.129 e. The van der Waals surface area contributed by atoms with E-state index in [-0.39, 0.29) is 5.82 Å². The molecule has 1 aliphatic rings. The van der Waals surface area contributed by atoms with Crippen LogP contribution in [0.5, 0.6) is 0 Å². The second kappa shape index (κ2) is 4.97. The van der Waals surface area contributed by atoms with Crippen LogP contribution in [0, 0.1) is 5.82 Å². The average molecular weight is 320 g/mol. The number of nitrogens with zero attached hydrogens (tertiary/aromatic N) is 1. The highest BCUT2D eigenvalue weighted by atomic mass is 79.9. The van der Waals surface area contributed by atoms with Gasteiger partial charge in [-0.3, -0.25) is 0 Å². The summed E-state index contributed by atoms with van der Waals surface area (Å²) in [7, 11) is 0. The van der Waals surface area contributed by atoms with Crippen molar-refractivity contribution in [2.45, 2.75) is 24.7 Å². The zero-order valence-electron chi connectivity index (χ0n) is 10.7. The van der Waals surface area contributed by atoms with Crippen molar-refractivity contribution < 1.29 is 4.39 Å². The maximum atomic E-state index is 14.0. The van der Waals surface area contributed by atoms with Crippen LogP contribution in [0.2, 0.25) is 0 Å². The van der Waals surface area contributed by atoms with Crippen molar-refractivity contribution in [2.75, 3.05) is 4.90 Å². The molecule has 1 aliphatic heterocycles.